The van der Waals surface area contributed by atoms with Gasteiger partial charge in [0.2, 0.25) is 0 Å². The fraction of sp³-hybridized carbons (Fsp3) is 0.133. The lowest BCUT2D eigenvalue weighted by Crippen LogP contribution is -2.15. The highest BCUT2D eigenvalue weighted by molar-refractivity contribution is 7.92. The Bertz CT molecular complexity index is 1060. The van der Waals surface area contributed by atoms with Crippen molar-refractivity contribution in [1.82, 2.24) is 10.2 Å². The maximum absolute atomic E-state index is 12.8. The van der Waals surface area contributed by atoms with Gasteiger partial charge in [-0.2, -0.15) is 5.10 Å². The predicted molar refractivity (Wildman–Crippen MR) is 89.5 cm³/mol. The molecule has 9 heteroatoms. The quantitative estimate of drug-likeness (QED) is 0.556. The summed E-state index contributed by atoms with van der Waals surface area (Å²) in [5.74, 6) is 0. The van der Waals surface area contributed by atoms with Crippen LogP contribution in [-0.4, -0.2) is 23.5 Å². The van der Waals surface area contributed by atoms with Crippen molar-refractivity contribution in [2.75, 3.05) is 4.72 Å². The van der Waals surface area contributed by atoms with Gasteiger partial charge < -0.3 is 0 Å². The molecule has 2 aromatic carbocycles. The number of nitro benzene ring substituents is 1. The molecule has 0 amide bonds. The van der Waals surface area contributed by atoms with Crippen molar-refractivity contribution in [3.05, 3.63) is 57.8 Å². The fourth-order valence-electron chi connectivity index (χ4n) is 2.45. The van der Waals surface area contributed by atoms with Gasteiger partial charge in [-0.25, -0.2) is 8.42 Å². The number of nitrogens with one attached hydrogen (secondary N) is 2. The Morgan fingerprint density at radius 1 is 1.25 bits per heavy atom. The first kappa shape index (κ1) is 15.9. The molecule has 0 saturated heterocycles. The first-order valence-corrected chi connectivity index (χ1v) is 8.48. The molecule has 3 rings (SSSR count). The van der Waals surface area contributed by atoms with Crippen LogP contribution in [0.2, 0.25) is 0 Å². The van der Waals surface area contributed by atoms with Crippen LogP contribution >= 0.6 is 0 Å². The molecule has 0 aliphatic rings. The number of rotatable bonds is 4. The summed E-state index contributed by atoms with van der Waals surface area (Å²) in [6.07, 6.45) is 1.51. The van der Waals surface area contributed by atoms with Crippen molar-refractivity contribution in [1.29, 1.82) is 0 Å². The summed E-state index contributed by atoms with van der Waals surface area (Å²) in [7, 11) is -3.99. The van der Waals surface area contributed by atoms with Gasteiger partial charge in [0, 0.05) is 17.5 Å². The number of aromatic nitrogens is 2. The standard InChI is InChI=1S/C15H14N4O4S/c1-9-6-11(19(20)21)7-15(10(9)2)24(22,23)18-14-5-3-4-13-12(14)8-16-17-13/h3-8,18H,1-2H3,(H,16,17). The molecular weight excluding hydrogens is 332 g/mol. The number of H-pyrrole nitrogens is 1. The Morgan fingerprint density at radius 2 is 2.00 bits per heavy atom. The van der Waals surface area contributed by atoms with Crippen LogP contribution in [0.25, 0.3) is 10.9 Å². The summed E-state index contributed by atoms with van der Waals surface area (Å²) in [6.45, 7) is 3.25. The van der Waals surface area contributed by atoms with Gasteiger partial charge in [0.25, 0.3) is 15.7 Å². The number of aryl methyl sites for hydroxylation is 1. The van der Waals surface area contributed by atoms with E-state index in [9.17, 15) is 18.5 Å². The van der Waals surface area contributed by atoms with E-state index >= 15 is 0 Å². The zero-order chi connectivity index (χ0) is 17.5. The number of fused-ring (bicyclic) bond motifs is 1. The second-order valence-electron chi connectivity index (χ2n) is 5.39. The zero-order valence-electron chi connectivity index (χ0n) is 12.9. The van der Waals surface area contributed by atoms with E-state index in [2.05, 4.69) is 14.9 Å². The molecule has 124 valence electrons. The van der Waals surface area contributed by atoms with Gasteiger partial charge in [-0.3, -0.25) is 19.9 Å². The molecule has 0 aliphatic carbocycles. The van der Waals surface area contributed by atoms with Crippen molar-refractivity contribution in [3.63, 3.8) is 0 Å². The van der Waals surface area contributed by atoms with Crippen LogP contribution in [0.3, 0.4) is 0 Å². The van der Waals surface area contributed by atoms with E-state index in [1.165, 1.54) is 12.3 Å². The van der Waals surface area contributed by atoms with Crippen molar-refractivity contribution < 1.29 is 13.3 Å². The number of non-ortho nitro benzene ring substituents is 1. The number of nitrogens with zero attached hydrogens (tertiary/aromatic N) is 2. The second-order valence-corrected chi connectivity index (χ2v) is 7.04. The van der Waals surface area contributed by atoms with Crippen LogP contribution in [0.1, 0.15) is 11.1 Å². The maximum Gasteiger partial charge on any atom is 0.271 e. The van der Waals surface area contributed by atoms with Crippen molar-refractivity contribution >= 4 is 32.3 Å². The Morgan fingerprint density at radius 3 is 2.71 bits per heavy atom. The lowest BCUT2D eigenvalue weighted by Gasteiger charge is -2.12. The lowest BCUT2D eigenvalue weighted by atomic mass is 10.1. The summed E-state index contributed by atoms with van der Waals surface area (Å²) in [5, 5.41) is 18.3. The highest BCUT2D eigenvalue weighted by Crippen LogP contribution is 2.29. The average Bonchev–Trinajstić information content (AvgIpc) is 2.98. The molecule has 0 bridgehead atoms. The molecule has 0 aliphatic heterocycles. The molecule has 1 heterocycles. The van der Waals surface area contributed by atoms with Crippen molar-refractivity contribution in [3.8, 4) is 0 Å². The van der Waals surface area contributed by atoms with Crippen molar-refractivity contribution in [2.45, 2.75) is 18.7 Å². The Kier molecular flexibility index (Phi) is 3.72. The molecule has 3 aromatic rings. The van der Waals surface area contributed by atoms with Crippen LogP contribution in [0.4, 0.5) is 11.4 Å². The summed E-state index contributed by atoms with van der Waals surface area (Å²) in [5.41, 5.74) is 1.77. The third-order valence-corrected chi connectivity index (χ3v) is 5.33. The van der Waals surface area contributed by atoms with E-state index in [-0.39, 0.29) is 10.6 Å². The minimum atomic E-state index is -3.99. The number of aromatic amines is 1. The van der Waals surface area contributed by atoms with Gasteiger partial charge in [-0.1, -0.05) is 6.07 Å². The summed E-state index contributed by atoms with van der Waals surface area (Å²) in [6, 6.07) is 7.48. The molecule has 0 spiro atoms. The molecule has 0 unspecified atom stereocenters. The highest BCUT2D eigenvalue weighted by atomic mass is 32.2. The van der Waals surface area contributed by atoms with Gasteiger partial charge >= 0.3 is 0 Å². The number of anilines is 1. The number of hydrogen-bond acceptors (Lipinski definition) is 5. The van der Waals surface area contributed by atoms with Gasteiger partial charge in [0.05, 0.1) is 27.2 Å². The van der Waals surface area contributed by atoms with E-state index in [0.717, 1.165) is 6.07 Å². The van der Waals surface area contributed by atoms with E-state index < -0.39 is 14.9 Å². The molecule has 8 nitrogen and oxygen atoms in total. The Hall–Kier alpha value is -2.94. The molecular formula is C15H14N4O4S. The van der Waals surface area contributed by atoms with Crippen LogP contribution in [0, 0.1) is 24.0 Å². The average molecular weight is 346 g/mol. The number of benzene rings is 2. The molecule has 0 fully saturated rings. The normalized spacial score (nSPS) is 11.6. The molecule has 24 heavy (non-hydrogen) atoms. The fourth-order valence-corrected chi connectivity index (χ4v) is 3.87. The summed E-state index contributed by atoms with van der Waals surface area (Å²) < 4.78 is 28.0. The minimum Gasteiger partial charge on any atom is -0.279 e. The maximum atomic E-state index is 12.8. The minimum absolute atomic E-state index is 0.116. The first-order chi connectivity index (χ1) is 11.3. The van der Waals surface area contributed by atoms with Crippen LogP contribution < -0.4 is 4.72 Å². The smallest absolute Gasteiger partial charge is 0.271 e. The number of hydrogen-bond donors (Lipinski definition) is 2. The molecule has 0 radical (unpaired) electrons. The third kappa shape index (κ3) is 2.69. The van der Waals surface area contributed by atoms with E-state index in [1.54, 1.807) is 32.0 Å². The van der Waals surface area contributed by atoms with Gasteiger partial charge in [0.15, 0.2) is 0 Å². The Balaban J connectivity index is 2.12. The van der Waals surface area contributed by atoms with Crippen LogP contribution in [0.5, 0.6) is 0 Å². The van der Waals surface area contributed by atoms with E-state index in [1.807, 2.05) is 0 Å². The molecule has 2 N–H and O–H groups in total. The molecule has 0 atom stereocenters. The largest absolute Gasteiger partial charge is 0.279 e. The highest BCUT2D eigenvalue weighted by Gasteiger charge is 2.23. The van der Waals surface area contributed by atoms with Crippen LogP contribution in [0.15, 0.2) is 41.4 Å². The monoisotopic (exact) mass is 346 g/mol. The molecule has 1 aromatic heterocycles. The summed E-state index contributed by atoms with van der Waals surface area (Å²) in [4.78, 5) is 10.3. The van der Waals surface area contributed by atoms with Crippen molar-refractivity contribution in [2.24, 2.45) is 0 Å². The zero-order valence-corrected chi connectivity index (χ0v) is 13.7. The topological polar surface area (TPSA) is 118 Å². The van der Waals surface area contributed by atoms with E-state index in [0.29, 0.717) is 27.7 Å². The van der Waals surface area contributed by atoms with Gasteiger partial charge in [-0.15, -0.1) is 0 Å². The van der Waals surface area contributed by atoms with E-state index in [4.69, 9.17) is 0 Å². The predicted octanol–water partition coefficient (Wildman–Crippen LogP) is 2.89. The molecule has 0 saturated carbocycles. The van der Waals surface area contributed by atoms with Gasteiger partial charge in [0.1, 0.15) is 0 Å². The number of sulfonamides is 1. The first-order valence-electron chi connectivity index (χ1n) is 7.00. The van der Waals surface area contributed by atoms with Gasteiger partial charge in [-0.05, 0) is 37.1 Å². The summed E-state index contributed by atoms with van der Waals surface area (Å²) >= 11 is 0. The number of nitro groups is 1. The lowest BCUT2D eigenvalue weighted by molar-refractivity contribution is -0.385. The Labute approximate surface area is 137 Å². The second kappa shape index (κ2) is 5.60. The SMILES string of the molecule is Cc1cc([N+](=O)[O-])cc(S(=O)(=O)Nc2cccc3[nH]ncc23)c1C. The van der Waals surface area contributed by atoms with Crippen LogP contribution in [-0.2, 0) is 10.0 Å². The third-order valence-electron chi connectivity index (χ3n) is 3.83.